The second-order valence-electron chi connectivity index (χ2n) is 4.74. The smallest absolute Gasteiger partial charge is 0.0992 e. The Morgan fingerprint density at radius 1 is 1.35 bits per heavy atom. The number of nitriles is 1. The van der Waals surface area contributed by atoms with Gasteiger partial charge in [-0.15, -0.1) is 0 Å². The van der Waals surface area contributed by atoms with E-state index in [1.54, 1.807) is 31.3 Å². The molecule has 0 aliphatic carbocycles. The van der Waals surface area contributed by atoms with Crippen LogP contribution in [0.4, 0.5) is 5.69 Å². The van der Waals surface area contributed by atoms with Crippen molar-refractivity contribution in [2.75, 3.05) is 11.9 Å². The molecule has 1 aromatic carbocycles. The maximum Gasteiger partial charge on any atom is 0.0992 e. The van der Waals surface area contributed by atoms with Crippen LogP contribution < -0.4 is 4.90 Å². The van der Waals surface area contributed by atoms with Crippen molar-refractivity contribution in [3.05, 3.63) is 59.4 Å². The van der Waals surface area contributed by atoms with Crippen molar-refractivity contribution < 1.29 is 5.11 Å². The molecule has 1 aromatic heterocycles. The molecule has 0 fully saturated rings. The third-order valence-electron chi connectivity index (χ3n) is 3.15. The minimum Gasteiger partial charge on any atom is -0.389 e. The van der Waals surface area contributed by atoms with E-state index in [1.165, 1.54) is 0 Å². The van der Waals surface area contributed by atoms with Crippen molar-refractivity contribution in [1.82, 2.24) is 4.98 Å². The van der Waals surface area contributed by atoms with Crippen molar-refractivity contribution in [2.45, 2.75) is 19.6 Å². The number of nitrogens with zero attached hydrogens (tertiary/aromatic N) is 3. The number of aliphatic hydroxyl groups excluding tert-OH is 1. The molecule has 1 N–H and O–H groups in total. The Morgan fingerprint density at radius 3 is 2.75 bits per heavy atom. The van der Waals surface area contributed by atoms with E-state index in [4.69, 9.17) is 5.26 Å². The lowest BCUT2D eigenvalue weighted by atomic mass is 10.0. The van der Waals surface area contributed by atoms with E-state index in [0.717, 1.165) is 16.9 Å². The van der Waals surface area contributed by atoms with E-state index in [9.17, 15) is 5.11 Å². The molecule has 0 amide bonds. The van der Waals surface area contributed by atoms with Crippen LogP contribution in [-0.4, -0.2) is 17.1 Å². The summed E-state index contributed by atoms with van der Waals surface area (Å²) in [6.07, 6.45) is 1.17. The molecule has 0 spiro atoms. The first-order valence-electron chi connectivity index (χ1n) is 6.45. The van der Waals surface area contributed by atoms with Crippen LogP contribution in [0.15, 0.2) is 42.6 Å². The highest BCUT2D eigenvalue weighted by atomic mass is 16.3. The Hall–Kier alpha value is -2.38. The van der Waals surface area contributed by atoms with Gasteiger partial charge in [-0.2, -0.15) is 5.26 Å². The monoisotopic (exact) mass is 267 g/mol. The van der Waals surface area contributed by atoms with Crippen LogP contribution >= 0.6 is 0 Å². The first-order valence-corrected chi connectivity index (χ1v) is 6.45. The molecule has 0 saturated carbocycles. The van der Waals surface area contributed by atoms with Gasteiger partial charge in [0.1, 0.15) is 0 Å². The number of benzene rings is 1. The summed E-state index contributed by atoms with van der Waals surface area (Å²) in [6.45, 7) is 2.34. The molecule has 1 heterocycles. The molecular formula is C16H17N3O. The van der Waals surface area contributed by atoms with E-state index in [-0.39, 0.29) is 0 Å². The Balaban J connectivity index is 2.32. The fourth-order valence-electron chi connectivity index (χ4n) is 2.12. The number of rotatable bonds is 4. The van der Waals surface area contributed by atoms with Crippen LogP contribution in [-0.2, 0) is 6.54 Å². The van der Waals surface area contributed by atoms with Crippen LogP contribution in [0.3, 0.4) is 0 Å². The highest BCUT2D eigenvalue weighted by Gasteiger charge is 2.13. The maximum absolute atomic E-state index is 9.86. The summed E-state index contributed by atoms with van der Waals surface area (Å²) in [4.78, 5) is 6.28. The van der Waals surface area contributed by atoms with E-state index in [0.29, 0.717) is 12.1 Å². The number of hydrogen-bond acceptors (Lipinski definition) is 4. The van der Waals surface area contributed by atoms with Crippen molar-refractivity contribution in [3.63, 3.8) is 0 Å². The summed E-state index contributed by atoms with van der Waals surface area (Å²) in [5.41, 5.74) is 3.18. The largest absolute Gasteiger partial charge is 0.389 e. The number of aromatic nitrogens is 1. The van der Waals surface area contributed by atoms with E-state index in [1.807, 2.05) is 30.1 Å². The van der Waals surface area contributed by atoms with Crippen molar-refractivity contribution in [2.24, 2.45) is 0 Å². The zero-order valence-electron chi connectivity index (χ0n) is 11.6. The lowest BCUT2D eigenvalue weighted by molar-refractivity contribution is 0.199. The summed E-state index contributed by atoms with van der Waals surface area (Å²) in [5, 5.41) is 18.9. The topological polar surface area (TPSA) is 60.1 Å². The number of pyridine rings is 1. The van der Waals surface area contributed by atoms with Crippen LogP contribution in [0.2, 0.25) is 0 Å². The van der Waals surface area contributed by atoms with Gasteiger partial charge in [-0.05, 0) is 31.2 Å². The predicted molar refractivity (Wildman–Crippen MR) is 78.1 cm³/mol. The van der Waals surface area contributed by atoms with Gasteiger partial charge in [-0.3, -0.25) is 4.98 Å². The van der Waals surface area contributed by atoms with Crippen LogP contribution in [0.5, 0.6) is 0 Å². The number of aliphatic hydroxyl groups is 1. The molecule has 0 saturated heterocycles. The fourth-order valence-corrected chi connectivity index (χ4v) is 2.12. The molecule has 20 heavy (non-hydrogen) atoms. The van der Waals surface area contributed by atoms with Crippen molar-refractivity contribution in [1.29, 1.82) is 5.26 Å². The SMILES string of the molecule is C[C@H](O)c1ccc(C#N)cc1N(C)Cc1ccccn1. The van der Waals surface area contributed by atoms with Gasteiger partial charge in [0, 0.05) is 24.5 Å². The first-order chi connectivity index (χ1) is 9.61. The minimum atomic E-state index is -0.580. The minimum absolute atomic E-state index is 0.580. The Labute approximate surface area is 118 Å². The average molecular weight is 267 g/mol. The first kappa shape index (κ1) is 14.0. The lowest BCUT2D eigenvalue weighted by Gasteiger charge is -2.23. The molecule has 102 valence electrons. The average Bonchev–Trinajstić information content (AvgIpc) is 2.47. The van der Waals surface area contributed by atoms with E-state index >= 15 is 0 Å². The molecule has 0 aliphatic heterocycles. The van der Waals surface area contributed by atoms with Crippen LogP contribution in [0.25, 0.3) is 0 Å². The van der Waals surface area contributed by atoms with E-state index in [2.05, 4.69) is 11.1 Å². The second kappa shape index (κ2) is 6.18. The third kappa shape index (κ3) is 3.14. The van der Waals surface area contributed by atoms with Gasteiger partial charge < -0.3 is 10.0 Å². The van der Waals surface area contributed by atoms with Crippen molar-refractivity contribution >= 4 is 5.69 Å². The highest BCUT2D eigenvalue weighted by molar-refractivity contribution is 5.58. The van der Waals surface area contributed by atoms with Gasteiger partial charge >= 0.3 is 0 Å². The molecule has 4 heteroatoms. The number of anilines is 1. The van der Waals surface area contributed by atoms with Gasteiger partial charge in [0.2, 0.25) is 0 Å². The molecule has 0 bridgehead atoms. The highest BCUT2D eigenvalue weighted by Crippen LogP contribution is 2.27. The predicted octanol–water partition coefficient (Wildman–Crippen LogP) is 2.64. The summed E-state index contributed by atoms with van der Waals surface area (Å²) >= 11 is 0. The van der Waals surface area contributed by atoms with Gasteiger partial charge in [0.05, 0.1) is 30.0 Å². The van der Waals surface area contributed by atoms with E-state index < -0.39 is 6.10 Å². The summed E-state index contributed by atoms with van der Waals surface area (Å²) in [6, 6.07) is 13.2. The lowest BCUT2D eigenvalue weighted by Crippen LogP contribution is -2.19. The molecule has 1 atom stereocenters. The second-order valence-corrected chi connectivity index (χ2v) is 4.74. The normalized spacial score (nSPS) is 11.7. The molecule has 2 rings (SSSR count). The Bertz CT molecular complexity index is 617. The molecule has 0 radical (unpaired) electrons. The van der Waals surface area contributed by atoms with Gasteiger partial charge in [-0.25, -0.2) is 0 Å². The van der Waals surface area contributed by atoms with Gasteiger partial charge in [0.25, 0.3) is 0 Å². The molecular weight excluding hydrogens is 250 g/mol. The third-order valence-corrected chi connectivity index (χ3v) is 3.15. The number of hydrogen-bond donors (Lipinski definition) is 1. The quantitative estimate of drug-likeness (QED) is 0.925. The van der Waals surface area contributed by atoms with Gasteiger partial charge in [-0.1, -0.05) is 12.1 Å². The molecule has 0 unspecified atom stereocenters. The molecule has 0 aliphatic rings. The van der Waals surface area contributed by atoms with Crippen molar-refractivity contribution in [3.8, 4) is 6.07 Å². The van der Waals surface area contributed by atoms with Crippen LogP contribution in [0.1, 0.15) is 29.8 Å². The molecule has 4 nitrogen and oxygen atoms in total. The zero-order chi connectivity index (χ0) is 14.5. The maximum atomic E-state index is 9.86. The Kier molecular flexibility index (Phi) is 4.34. The summed E-state index contributed by atoms with van der Waals surface area (Å²) in [7, 11) is 1.93. The van der Waals surface area contributed by atoms with Gasteiger partial charge in [0.15, 0.2) is 0 Å². The standard InChI is InChI=1S/C16H17N3O/c1-12(20)15-7-6-13(10-17)9-16(15)19(2)11-14-5-3-4-8-18-14/h3-9,12,20H,11H2,1-2H3/t12-/m0/s1. The summed E-state index contributed by atoms with van der Waals surface area (Å²) in [5.74, 6) is 0. The van der Waals surface area contributed by atoms with Crippen LogP contribution in [0, 0.1) is 11.3 Å². The summed E-state index contributed by atoms with van der Waals surface area (Å²) < 4.78 is 0. The molecule has 2 aromatic rings. The zero-order valence-corrected chi connectivity index (χ0v) is 11.6. The fraction of sp³-hybridized carbons (Fsp3) is 0.250. The Morgan fingerprint density at radius 2 is 2.15 bits per heavy atom.